The quantitative estimate of drug-likeness (QED) is 0.181. The van der Waals surface area contributed by atoms with E-state index < -0.39 is 35.6 Å². The second kappa shape index (κ2) is 12.2. The standard InChI is InChI=1S/C16H14ClI3N2O7/c1-6(23)28-4-3-21-16(27)10-11(18)9(15(17)26)12(19)14(13(10)20)22-8(25)5-29-7(2)24/h3-5H2,1-2H3,(H,21,27)(H,22,25). The summed E-state index contributed by atoms with van der Waals surface area (Å²) in [6.07, 6.45) is 0. The van der Waals surface area contributed by atoms with Crippen LogP contribution in [0.2, 0.25) is 0 Å². The van der Waals surface area contributed by atoms with E-state index >= 15 is 0 Å². The first kappa shape index (κ1) is 26.3. The summed E-state index contributed by atoms with van der Waals surface area (Å²) >= 11 is 11.2. The second-order valence-electron chi connectivity index (χ2n) is 5.27. The number of benzene rings is 1. The molecule has 2 amide bonds. The summed E-state index contributed by atoms with van der Waals surface area (Å²) in [4.78, 5) is 58.4. The lowest BCUT2D eigenvalue weighted by Crippen LogP contribution is -2.30. The molecule has 0 saturated carbocycles. The van der Waals surface area contributed by atoms with Crippen LogP contribution >= 0.6 is 79.4 Å². The van der Waals surface area contributed by atoms with Gasteiger partial charge in [0.05, 0.1) is 30.5 Å². The van der Waals surface area contributed by atoms with Crippen molar-refractivity contribution in [2.45, 2.75) is 13.8 Å². The van der Waals surface area contributed by atoms with Gasteiger partial charge in [0.2, 0.25) is 0 Å². The number of hydrogen-bond donors (Lipinski definition) is 2. The molecule has 0 spiro atoms. The molecule has 0 heterocycles. The third kappa shape index (κ3) is 7.78. The van der Waals surface area contributed by atoms with E-state index in [0.717, 1.165) is 6.92 Å². The van der Waals surface area contributed by atoms with Crippen LogP contribution in [0.25, 0.3) is 0 Å². The van der Waals surface area contributed by atoms with Gasteiger partial charge in [-0.05, 0) is 79.4 Å². The average Bonchev–Trinajstić information content (AvgIpc) is 2.60. The van der Waals surface area contributed by atoms with Crippen molar-refractivity contribution in [1.29, 1.82) is 0 Å². The smallest absolute Gasteiger partial charge is 0.303 e. The van der Waals surface area contributed by atoms with Crippen LogP contribution in [0, 0.1) is 10.7 Å². The second-order valence-corrected chi connectivity index (χ2v) is 8.84. The van der Waals surface area contributed by atoms with Gasteiger partial charge < -0.3 is 20.1 Å². The highest BCUT2D eigenvalue weighted by Gasteiger charge is 2.28. The van der Waals surface area contributed by atoms with Crippen molar-refractivity contribution >= 4 is 114 Å². The zero-order chi connectivity index (χ0) is 22.3. The van der Waals surface area contributed by atoms with Crippen LogP contribution in [0.5, 0.6) is 0 Å². The number of hydrogen-bond acceptors (Lipinski definition) is 7. The Bertz CT molecular complexity index is 877. The Labute approximate surface area is 211 Å². The Morgan fingerprint density at radius 2 is 1.45 bits per heavy atom. The predicted octanol–water partition coefficient (Wildman–Crippen LogP) is 2.67. The Hall–Kier alpha value is -0.750. The SMILES string of the molecule is CC(=O)OCCNC(=O)c1c(I)c(NC(=O)COC(C)=O)c(I)c(C(=O)Cl)c1I. The van der Waals surface area contributed by atoms with Crippen LogP contribution in [-0.4, -0.2) is 48.8 Å². The van der Waals surface area contributed by atoms with Crippen LogP contribution < -0.4 is 10.6 Å². The van der Waals surface area contributed by atoms with E-state index in [0.29, 0.717) is 10.7 Å². The van der Waals surface area contributed by atoms with Crippen molar-refractivity contribution in [3.05, 3.63) is 21.8 Å². The van der Waals surface area contributed by atoms with Crippen LogP contribution in [0.1, 0.15) is 34.6 Å². The van der Waals surface area contributed by atoms with Gasteiger partial charge in [0.1, 0.15) is 6.61 Å². The molecule has 13 heteroatoms. The summed E-state index contributed by atoms with van der Waals surface area (Å²) in [5.41, 5.74) is 0.375. The van der Waals surface area contributed by atoms with E-state index in [-0.39, 0.29) is 30.0 Å². The van der Waals surface area contributed by atoms with Gasteiger partial charge in [-0.3, -0.25) is 24.0 Å². The van der Waals surface area contributed by atoms with E-state index in [4.69, 9.17) is 16.3 Å². The summed E-state index contributed by atoms with van der Waals surface area (Å²) in [5.74, 6) is -2.30. The number of esters is 2. The lowest BCUT2D eigenvalue weighted by molar-refractivity contribution is -0.145. The Kier molecular flexibility index (Phi) is 11.0. The van der Waals surface area contributed by atoms with Crippen LogP contribution in [0.15, 0.2) is 0 Å². The molecule has 2 N–H and O–H groups in total. The minimum absolute atomic E-state index is 0.0220. The zero-order valence-corrected chi connectivity index (χ0v) is 22.2. The van der Waals surface area contributed by atoms with E-state index in [2.05, 4.69) is 15.4 Å². The molecule has 0 saturated heterocycles. The van der Waals surface area contributed by atoms with Gasteiger partial charge in [-0.25, -0.2) is 0 Å². The minimum Gasteiger partial charge on any atom is -0.464 e. The molecule has 0 aromatic heterocycles. The minimum atomic E-state index is -0.806. The van der Waals surface area contributed by atoms with Crippen LogP contribution in [0.4, 0.5) is 5.69 Å². The fourth-order valence-electron chi connectivity index (χ4n) is 1.94. The summed E-state index contributed by atoms with van der Waals surface area (Å²) in [6.45, 7) is 1.91. The van der Waals surface area contributed by atoms with Crippen molar-refractivity contribution in [1.82, 2.24) is 5.32 Å². The highest BCUT2D eigenvalue weighted by molar-refractivity contribution is 14.1. The Balaban J connectivity index is 3.27. The van der Waals surface area contributed by atoms with E-state index in [1.165, 1.54) is 6.92 Å². The van der Waals surface area contributed by atoms with Crippen molar-refractivity contribution in [2.24, 2.45) is 0 Å². The maximum absolute atomic E-state index is 12.7. The third-order valence-corrected chi connectivity index (χ3v) is 6.53. The number of anilines is 1. The molecule has 0 aliphatic rings. The lowest BCUT2D eigenvalue weighted by atomic mass is 10.1. The maximum Gasteiger partial charge on any atom is 0.303 e. The zero-order valence-electron chi connectivity index (χ0n) is 15.0. The highest BCUT2D eigenvalue weighted by Crippen LogP contribution is 2.36. The average molecular weight is 762 g/mol. The van der Waals surface area contributed by atoms with E-state index in [1.807, 2.05) is 67.8 Å². The molecule has 1 aromatic rings. The molecule has 0 atom stereocenters. The van der Waals surface area contributed by atoms with Crippen molar-refractivity contribution in [3.8, 4) is 0 Å². The van der Waals surface area contributed by atoms with Gasteiger partial charge in [0.15, 0.2) is 6.61 Å². The van der Waals surface area contributed by atoms with Crippen LogP contribution in [-0.2, 0) is 23.9 Å². The van der Waals surface area contributed by atoms with Crippen molar-refractivity contribution < 1.29 is 33.4 Å². The van der Waals surface area contributed by atoms with Crippen molar-refractivity contribution in [2.75, 3.05) is 25.1 Å². The highest BCUT2D eigenvalue weighted by atomic mass is 127. The molecular weight excluding hydrogens is 748 g/mol. The third-order valence-electron chi connectivity index (χ3n) is 3.10. The summed E-state index contributed by atoms with van der Waals surface area (Å²) in [6, 6.07) is 0. The summed E-state index contributed by atoms with van der Waals surface area (Å²) < 4.78 is 10.4. The Morgan fingerprint density at radius 1 is 0.897 bits per heavy atom. The molecule has 9 nitrogen and oxygen atoms in total. The number of ether oxygens (including phenoxy) is 2. The molecule has 0 bridgehead atoms. The van der Waals surface area contributed by atoms with Gasteiger partial charge >= 0.3 is 11.9 Å². The number of rotatable bonds is 8. The fourth-order valence-corrected chi connectivity index (χ4v) is 6.86. The van der Waals surface area contributed by atoms with Gasteiger partial charge in [0.25, 0.3) is 17.1 Å². The van der Waals surface area contributed by atoms with E-state index in [1.54, 1.807) is 0 Å². The van der Waals surface area contributed by atoms with Crippen molar-refractivity contribution in [3.63, 3.8) is 0 Å². The molecule has 1 rings (SSSR count). The summed E-state index contributed by atoms with van der Waals surface area (Å²) in [7, 11) is 0. The molecule has 0 unspecified atom stereocenters. The first-order chi connectivity index (χ1) is 13.5. The largest absolute Gasteiger partial charge is 0.464 e. The first-order valence-corrected chi connectivity index (χ1v) is 11.3. The van der Waals surface area contributed by atoms with Gasteiger partial charge in [-0.1, -0.05) is 0 Å². The predicted molar refractivity (Wildman–Crippen MR) is 129 cm³/mol. The van der Waals surface area contributed by atoms with E-state index in [9.17, 15) is 24.0 Å². The lowest BCUT2D eigenvalue weighted by Gasteiger charge is -2.18. The number of carbonyl (C=O) groups is 5. The Morgan fingerprint density at radius 3 is 1.97 bits per heavy atom. The fraction of sp³-hybridized carbons (Fsp3) is 0.312. The van der Waals surface area contributed by atoms with Gasteiger partial charge in [0, 0.05) is 17.4 Å². The number of carbonyl (C=O) groups excluding carboxylic acids is 5. The first-order valence-electron chi connectivity index (χ1n) is 7.72. The van der Waals surface area contributed by atoms with Crippen LogP contribution in [0.3, 0.4) is 0 Å². The molecule has 0 aliphatic carbocycles. The van der Waals surface area contributed by atoms with Gasteiger partial charge in [-0.2, -0.15) is 0 Å². The molecule has 29 heavy (non-hydrogen) atoms. The number of halogens is 4. The molecule has 1 aromatic carbocycles. The normalized spacial score (nSPS) is 10.1. The summed E-state index contributed by atoms with van der Waals surface area (Å²) in [5, 5.41) is 4.31. The number of amides is 2. The molecule has 0 aliphatic heterocycles. The molecular formula is C16H14ClI3N2O7. The maximum atomic E-state index is 12.7. The molecule has 0 radical (unpaired) electrons. The topological polar surface area (TPSA) is 128 Å². The monoisotopic (exact) mass is 762 g/mol. The number of nitrogens with one attached hydrogen (secondary N) is 2. The molecule has 0 fully saturated rings. The molecule has 158 valence electrons. The van der Waals surface area contributed by atoms with Gasteiger partial charge in [-0.15, -0.1) is 0 Å².